The number of amides is 2. The third-order valence-electron chi connectivity index (χ3n) is 3.95. The van der Waals surface area contributed by atoms with Gasteiger partial charge >= 0.3 is 0 Å². The highest BCUT2D eigenvalue weighted by molar-refractivity contribution is 6.04. The Balaban J connectivity index is 1.65. The van der Waals surface area contributed by atoms with Crippen molar-refractivity contribution < 1.29 is 14.3 Å². The molecule has 0 saturated heterocycles. The standard InChI is InChI=1S/C22H21N3O3/c1-15(26)23-19-6-4-7-20(14-19)24-17-9-11-18(12-10-17)25-22(27)16-5-3-8-21(13-16)28-2/h3-14,24H,1-2H3,(H,23,26)(H,25,27). The molecule has 3 aromatic carbocycles. The number of hydrogen-bond acceptors (Lipinski definition) is 4. The zero-order valence-electron chi connectivity index (χ0n) is 15.7. The first-order chi connectivity index (χ1) is 13.5. The van der Waals surface area contributed by atoms with Gasteiger partial charge in [-0.15, -0.1) is 0 Å². The molecule has 0 fully saturated rings. The summed E-state index contributed by atoms with van der Waals surface area (Å²) in [7, 11) is 1.56. The highest BCUT2D eigenvalue weighted by Crippen LogP contribution is 2.22. The van der Waals surface area contributed by atoms with Gasteiger partial charge in [0.25, 0.3) is 5.91 Å². The minimum absolute atomic E-state index is 0.117. The van der Waals surface area contributed by atoms with E-state index in [2.05, 4.69) is 16.0 Å². The minimum Gasteiger partial charge on any atom is -0.497 e. The van der Waals surface area contributed by atoms with Crippen molar-refractivity contribution in [3.63, 3.8) is 0 Å². The maximum Gasteiger partial charge on any atom is 0.255 e. The average molecular weight is 375 g/mol. The molecule has 0 saturated carbocycles. The molecule has 3 N–H and O–H groups in total. The van der Waals surface area contributed by atoms with Gasteiger partial charge in [-0.25, -0.2) is 0 Å². The van der Waals surface area contributed by atoms with E-state index < -0.39 is 0 Å². The van der Waals surface area contributed by atoms with Crippen LogP contribution < -0.4 is 20.7 Å². The molecule has 3 aromatic rings. The van der Waals surface area contributed by atoms with E-state index in [0.717, 1.165) is 17.1 Å². The van der Waals surface area contributed by atoms with E-state index in [1.54, 1.807) is 31.4 Å². The second kappa shape index (κ2) is 8.73. The summed E-state index contributed by atoms with van der Waals surface area (Å²) in [6.45, 7) is 1.47. The number of hydrogen-bond donors (Lipinski definition) is 3. The van der Waals surface area contributed by atoms with Crippen molar-refractivity contribution >= 4 is 34.6 Å². The van der Waals surface area contributed by atoms with Crippen molar-refractivity contribution in [1.29, 1.82) is 0 Å². The molecule has 0 aliphatic carbocycles. The Labute approximate surface area is 163 Å². The Bertz CT molecular complexity index is 984. The van der Waals surface area contributed by atoms with Crippen molar-refractivity contribution in [1.82, 2.24) is 0 Å². The number of carbonyl (C=O) groups is 2. The molecular formula is C22H21N3O3. The van der Waals surface area contributed by atoms with Gasteiger partial charge in [0.1, 0.15) is 5.75 Å². The van der Waals surface area contributed by atoms with Gasteiger partial charge in [-0.2, -0.15) is 0 Å². The van der Waals surface area contributed by atoms with Gasteiger partial charge in [-0.05, 0) is 60.7 Å². The van der Waals surface area contributed by atoms with E-state index in [4.69, 9.17) is 4.74 Å². The van der Waals surface area contributed by atoms with Crippen molar-refractivity contribution in [3.05, 3.63) is 78.4 Å². The van der Waals surface area contributed by atoms with Crippen LogP contribution in [0.5, 0.6) is 5.75 Å². The molecule has 3 rings (SSSR count). The summed E-state index contributed by atoms with van der Waals surface area (Å²) in [6, 6.07) is 21.8. The molecule has 6 heteroatoms. The minimum atomic E-state index is -0.206. The Kier molecular flexibility index (Phi) is 5.91. The van der Waals surface area contributed by atoms with Crippen LogP contribution in [0.4, 0.5) is 22.7 Å². The molecule has 6 nitrogen and oxygen atoms in total. The molecule has 28 heavy (non-hydrogen) atoms. The molecule has 0 spiro atoms. The quantitative estimate of drug-likeness (QED) is 0.586. The van der Waals surface area contributed by atoms with Gasteiger partial charge in [0.15, 0.2) is 0 Å². The van der Waals surface area contributed by atoms with E-state index in [1.165, 1.54) is 6.92 Å². The summed E-state index contributed by atoms with van der Waals surface area (Å²) in [5.74, 6) is 0.310. The van der Waals surface area contributed by atoms with E-state index in [1.807, 2.05) is 48.5 Å². The molecule has 0 aromatic heterocycles. The first-order valence-corrected chi connectivity index (χ1v) is 8.73. The highest BCUT2D eigenvalue weighted by atomic mass is 16.5. The SMILES string of the molecule is COc1cccc(C(=O)Nc2ccc(Nc3cccc(NC(C)=O)c3)cc2)c1. The number of carbonyl (C=O) groups excluding carboxylic acids is 2. The average Bonchev–Trinajstić information content (AvgIpc) is 2.69. The molecule has 142 valence electrons. The third-order valence-corrected chi connectivity index (χ3v) is 3.95. The lowest BCUT2D eigenvalue weighted by atomic mass is 10.2. The first kappa shape index (κ1) is 19.0. The van der Waals surface area contributed by atoms with Crippen LogP contribution in [0.1, 0.15) is 17.3 Å². The van der Waals surface area contributed by atoms with Crippen LogP contribution >= 0.6 is 0 Å². The molecule has 0 heterocycles. The molecule has 0 aliphatic rings. The molecule has 2 amide bonds. The van der Waals surface area contributed by atoms with Gasteiger partial charge in [0, 0.05) is 35.2 Å². The van der Waals surface area contributed by atoms with Crippen LogP contribution in [0.2, 0.25) is 0 Å². The molecule has 0 bridgehead atoms. The van der Waals surface area contributed by atoms with E-state index in [-0.39, 0.29) is 11.8 Å². The fourth-order valence-electron chi connectivity index (χ4n) is 2.65. The Morgan fingerprint density at radius 2 is 1.43 bits per heavy atom. The summed E-state index contributed by atoms with van der Waals surface area (Å²) in [5, 5.41) is 8.88. The van der Waals surface area contributed by atoms with Crippen LogP contribution in [0.25, 0.3) is 0 Å². The van der Waals surface area contributed by atoms with Crippen LogP contribution in [-0.2, 0) is 4.79 Å². The summed E-state index contributed by atoms with van der Waals surface area (Å²) in [6.07, 6.45) is 0. The zero-order chi connectivity index (χ0) is 19.9. The van der Waals surface area contributed by atoms with Crippen molar-refractivity contribution in [3.8, 4) is 5.75 Å². The second-order valence-electron chi connectivity index (χ2n) is 6.15. The van der Waals surface area contributed by atoms with Gasteiger partial charge < -0.3 is 20.7 Å². The molecule has 0 aliphatic heterocycles. The third kappa shape index (κ3) is 5.11. The largest absolute Gasteiger partial charge is 0.497 e. The number of nitrogens with one attached hydrogen (secondary N) is 3. The van der Waals surface area contributed by atoms with Crippen LogP contribution in [0.3, 0.4) is 0 Å². The Morgan fingerprint density at radius 1 is 0.750 bits per heavy atom. The zero-order valence-corrected chi connectivity index (χ0v) is 15.7. The maximum absolute atomic E-state index is 12.4. The van der Waals surface area contributed by atoms with Crippen LogP contribution in [-0.4, -0.2) is 18.9 Å². The van der Waals surface area contributed by atoms with Crippen LogP contribution in [0, 0.1) is 0 Å². The second-order valence-corrected chi connectivity index (χ2v) is 6.15. The fourth-order valence-corrected chi connectivity index (χ4v) is 2.65. The lowest BCUT2D eigenvalue weighted by Gasteiger charge is -2.10. The first-order valence-electron chi connectivity index (χ1n) is 8.73. The van der Waals surface area contributed by atoms with E-state index in [9.17, 15) is 9.59 Å². The molecule has 0 atom stereocenters. The number of ether oxygens (including phenoxy) is 1. The Hall–Kier alpha value is -3.80. The van der Waals surface area contributed by atoms with Gasteiger partial charge in [-0.1, -0.05) is 12.1 Å². The predicted molar refractivity (Wildman–Crippen MR) is 111 cm³/mol. The predicted octanol–water partition coefficient (Wildman–Crippen LogP) is 4.65. The van der Waals surface area contributed by atoms with Gasteiger partial charge in [0.05, 0.1) is 7.11 Å². The number of benzene rings is 3. The topological polar surface area (TPSA) is 79.5 Å². The molecular weight excluding hydrogens is 354 g/mol. The summed E-state index contributed by atoms with van der Waals surface area (Å²) in [5.41, 5.74) is 3.64. The number of methoxy groups -OCH3 is 1. The van der Waals surface area contributed by atoms with Gasteiger partial charge in [0.2, 0.25) is 5.91 Å². The number of rotatable bonds is 6. The lowest BCUT2D eigenvalue weighted by Crippen LogP contribution is -2.11. The fraction of sp³-hybridized carbons (Fsp3) is 0.0909. The molecule has 0 radical (unpaired) electrons. The molecule has 0 unspecified atom stereocenters. The normalized spacial score (nSPS) is 10.1. The smallest absolute Gasteiger partial charge is 0.255 e. The van der Waals surface area contributed by atoms with Crippen molar-refractivity contribution in [2.75, 3.05) is 23.1 Å². The van der Waals surface area contributed by atoms with Crippen LogP contribution in [0.15, 0.2) is 72.8 Å². The summed E-state index contributed by atoms with van der Waals surface area (Å²) >= 11 is 0. The monoisotopic (exact) mass is 375 g/mol. The maximum atomic E-state index is 12.4. The number of anilines is 4. The van der Waals surface area contributed by atoms with Gasteiger partial charge in [-0.3, -0.25) is 9.59 Å². The summed E-state index contributed by atoms with van der Waals surface area (Å²) < 4.78 is 5.15. The van der Waals surface area contributed by atoms with Crippen molar-refractivity contribution in [2.45, 2.75) is 6.92 Å². The Morgan fingerprint density at radius 3 is 2.14 bits per heavy atom. The summed E-state index contributed by atoms with van der Waals surface area (Å²) in [4.78, 5) is 23.5. The van der Waals surface area contributed by atoms with Crippen molar-refractivity contribution in [2.24, 2.45) is 0 Å². The van der Waals surface area contributed by atoms with E-state index >= 15 is 0 Å². The highest BCUT2D eigenvalue weighted by Gasteiger charge is 2.07. The van der Waals surface area contributed by atoms with E-state index in [0.29, 0.717) is 17.0 Å². The lowest BCUT2D eigenvalue weighted by molar-refractivity contribution is -0.114.